The third kappa shape index (κ3) is 4.74. The van der Waals surface area contributed by atoms with E-state index >= 15 is 0 Å². The van der Waals surface area contributed by atoms with Crippen molar-refractivity contribution < 1.29 is 0 Å². The van der Waals surface area contributed by atoms with Gasteiger partial charge in [-0.3, -0.25) is 0 Å². The van der Waals surface area contributed by atoms with E-state index in [1.807, 2.05) is 22.7 Å². The Morgan fingerprint density at radius 3 is 1.71 bits per heavy atom. The van der Waals surface area contributed by atoms with Crippen molar-refractivity contribution in [2.45, 2.75) is 0 Å². The molecule has 0 amide bonds. The van der Waals surface area contributed by atoms with E-state index in [-0.39, 0.29) is 0 Å². The van der Waals surface area contributed by atoms with Gasteiger partial charge in [-0.25, -0.2) is 0 Å². The molecule has 0 spiro atoms. The zero-order valence-corrected chi connectivity index (χ0v) is 28.1. The normalized spacial score (nSPS) is 11.7. The highest BCUT2D eigenvalue weighted by Crippen LogP contribution is 2.47. The molecule has 1 nitrogen and oxygen atoms in total. The average Bonchev–Trinajstić information content (AvgIpc) is 3.74. The maximum absolute atomic E-state index is 2.40. The molecular weight excluding hydrogens is 631 g/mol. The second-order valence-electron chi connectivity index (χ2n) is 12.5. The number of anilines is 3. The van der Waals surface area contributed by atoms with Crippen LogP contribution in [-0.4, -0.2) is 0 Å². The first kappa shape index (κ1) is 28.3. The quantitative estimate of drug-likeness (QED) is 0.178. The predicted molar refractivity (Wildman–Crippen MR) is 215 cm³/mol. The molecule has 10 rings (SSSR count). The van der Waals surface area contributed by atoms with Crippen LogP contribution in [0.15, 0.2) is 176 Å². The van der Waals surface area contributed by atoms with Crippen molar-refractivity contribution in [1.29, 1.82) is 0 Å². The summed E-state index contributed by atoms with van der Waals surface area (Å²) in [7, 11) is 0. The molecule has 3 heteroatoms. The van der Waals surface area contributed by atoms with Crippen LogP contribution in [0.25, 0.3) is 73.4 Å². The monoisotopic (exact) mass is 659 g/mol. The number of fused-ring (bicyclic) bond motifs is 9. The number of rotatable bonds is 5. The first-order valence-electron chi connectivity index (χ1n) is 16.6. The molecular formula is C46H29NS2. The summed E-state index contributed by atoms with van der Waals surface area (Å²) in [5.41, 5.74) is 8.25. The molecule has 49 heavy (non-hydrogen) atoms. The molecule has 0 fully saturated rings. The Morgan fingerprint density at radius 2 is 0.918 bits per heavy atom. The van der Waals surface area contributed by atoms with Crippen molar-refractivity contribution in [1.82, 2.24) is 0 Å². The summed E-state index contributed by atoms with van der Waals surface area (Å²) in [5, 5.41) is 8.06. The van der Waals surface area contributed by atoms with Gasteiger partial charge in [-0.15, -0.1) is 22.7 Å². The van der Waals surface area contributed by atoms with Crippen LogP contribution in [0.1, 0.15) is 0 Å². The number of benzene rings is 8. The van der Waals surface area contributed by atoms with E-state index in [0.717, 1.165) is 17.1 Å². The minimum absolute atomic E-state index is 1.13. The summed E-state index contributed by atoms with van der Waals surface area (Å²) in [6.45, 7) is 0. The lowest BCUT2D eigenvalue weighted by Crippen LogP contribution is -2.09. The van der Waals surface area contributed by atoms with Crippen molar-refractivity contribution in [3.8, 4) is 22.3 Å². The second-order valence-corrected chi connectivity index (χ2v) is 14.7. The minimum Gasteiger partial charge on any atom is -0.310 e. The Balaban J connectivity index is 1.16. The molecule has 230 valence electrons. The molecule has 0 saturated carbocycles. The first-order valence-corrected chi connectivity index (χ1v) is 18.2. The summed E-state index contributed by atoms with van der Waals surface area (Å²) in [6, 6.07) is 64.1. The van der Waals surface area contributed by atoms with Crippen LogP contribution in [0.2, 0.25) is 0 Å². The molecule has 0 atom stereocenters. The molecule has 0 saturated heterocycles. The van der Waals surface area contributed by atoms with Crippen LogP contribution in [0.5, 0.6) is 0 Å². The fraction of sp³-hybridized carbons (Fsp3) is 0. The van der Waals surface area contributed by atoms with Crippen molar-refractivity contribution in [2.75, 3.05) is 4.90 Å². The van der Waals surface area contributed by atoms with Crippen LogP contribution in [0, 0.1) is 0 Å². The molecule has 2 aromatic heterocycles. The molecule has 0 radical (unpaired) electrons. The Labute approximate surface area is 292 Å². The topological polar surface area (TPSA) is 3.24 Å². The largest absolute Gasteiger partial charge is 0.310 e. The lowest BCUT2D eigenvalue weighted by Gasteiger charge is -2.26. The minimum atomic E-state index is 1.13. The summed E-state index contributed by atoms with van der Waals surface area (Å²) in [4.78, 5) is 2.40. The van der Waals surface area contributed by atoms with Crippen LogP contribution in [-0.2, 0) is 0 Å². The standard InChI is InChI=1S/C46H29NS2/c1-3-10-30(11-4-1)32-18-21-35(22-19-32)47(36-16-9-15-34(28-36)31-12-5-2-6-13-31)37-23-25-39-43(29-37)48-41-26-27-42-45(44(39)41)40-24-20-33-14-7-8-17-38(33)46(40)49-42/h1-29H. The molecule has 8 aromatic carbocycles. The molecule has 0 N–H and O–H groups in total. The van der Waals surface area contributed by atoms with E-state index in [1.165, 1.54) is 73.4 Å². The van der Waals surface area contributed by atoms with Gasteiger partial charge in [-0.1, -0.05) is 127 Å². The van der Waals surface area contributed by atoms with Gasteiger partial charge in [0.25, 0.3) is 0 Å². The molecule has 0 bridgehead atoms. The van der Waals surface area contributed by atoms with Gasteiger partial charge in [0.05, 0.1) is 0 Å². The Hall–Kier alpha value is -5.74. The SMILES string of the molecule is c1ccc(-c2ccc(N(c3cccc(-c4ccccc4)c3)c3ccc4c(c3)sc3ccc5sc6c7ccccc7ccc6c5c34)cc2)cc1. The van der Waals surface area contributed by atoms with Gasteiger partial charge in [0, 0.05) is 57.4 Å². The van der Waals surface area contributed by atoms with Gasteiger partial charge < -0.3 is 4.90 Å². The van der Waals surface area contributed by atoms with E-state index in [1.54, 1.807) is 0 Å². The number of thiophene rings is 2. The smallest absolute Gasteiger partial charge is 0.0476 e. The highest BCUT2D eigenvalue weighted by atomic mass is 32.1. The van der Waals surface area contributed by atoms with Crippen LogP contribution in [0.4, 0.5) is 17.1 Å². The Morgan fingerprint density at radius 1 is 0.327 bits per heavy atom. The highest BCUT2D eigenvalue weighted by molar-refractivity contribution is 7.28. The average molecular weight is 660 g/mol. The van der Waals surface area contributed by atoms with Crippen LogP contribution < -0.4 is 4.90 Å². The lowest BCUT2D eigenvalue weighted by molar-refractivity contribution is 1.29. The fourth-order valence-corrected chi connectivity index (χ4v) is 9.72. The third-order valence-electron chi connectivity index (χ3n) is 9.65. The van der Waals surface area contributed by atoms with Crippen molar-refractivity contribution >= 4 is 90.9 Å². The van der Waals surface area contributed by atoms with Crippen molar-refractivity contribution in [3.05, 3.63) is 176 Å². The molecule has 0 aliphatic heterocycles. The Kier molecular flexibility index (Phi) is 6.61. The predicted octanol–water partition coefficient (Wildman–Crippen LogP) is 14.4. The van der Waals surface area contributed by atoms with E-state index in [0.29, 0.717) is 0 Å². The maximum atomic E-state index is 2.40. The van der Waals surface area contributed by atoms with Crippen molar-refractivity contribution in [3.63, 3.8) is 0 Å². The summed E-state index contributed by atoms with van der Waals surface area (Å²) >= 11 is 3.81. The summed E-state index contributed by atoms with van der Waals surface area (Å²) in [5.74, 6) is 0. The number of nitrogens with zero attached hydrogens (tertiary/aromatic N) is 1. The van der Waals surface area contributed by atoms with Gasteiger partial charge in [0.1, 0.15) is 0 Å². The van der Waals surface area contributed by atoms with Gasteiger partial charge >= 0.3 is 0 Å². The van der Waals surface area contributed by atoms with Gasteiger partial charge in [-0.2, -0.15) is 0 Å². The van der Waals surface area contributed by atoms with Crippen LogP contribution in [0.3, 0.4) is 0 Å². The van der Waals surface area contributed by atoms with Crippen molar-refractivity contribution in [2.24, 2.45) is 0 Å². The zero-order chi connectivity index (χ0) is 32.3. The Bertz CT molecular complexity index is 2810. The molecule has 0 unspecified atom stereocenters. The van der Waals surface area contributed by atoms with E-state index in [2.05, 4.69) is 181 Å². The zero-order valence-electron chi connectivity index (χ0n) is 26.5. The fourth-order valence-electron chi connectivity index (χ4n) is 7.32. The maximum Gasteiger partial charge on any atom is 0.0476 e. The molecule has 0 aliphatic carbocycles. The molecule has 0 aliphatic rings. The van der Waals surface area contributed by atoms with Gasteiger partial charge in [0.15, 0.2) is 0 Å². The van der Waals surface area contributed by atoms with E-state index < -0.39 is 0 Å². The summed E-state index contributed by atoms with van der Waals surface area (Å²) in [6.07, 6.45) is 0. The second kappa shape index (κ2) is 11.5. The lowest BCUT2D eigenvalue weighted by atomic mass is 10.0. The van der Waals surface area contributed by atoms with E-state index in [9.17, 15) is 0 Å². The third-order valence-corrected chi connectivity index (χ3v) is 12.0. The summed E-state index contributed by atoms with van der Waals surface area (Å²) < 4.78 is 5.35. The van der Waals surface area contributed by atoms with E-state index in [4.69, 9.17) is 0 Å². The number of hydrogen-bond donors (Lipinski definition) is 0. The highest BCUT2D eigenvalue weighted by Gasteiger charge is 2.18. The first-order chi connectivity index (χ1) is 24.3. The number of hydrogen-bond acceptors (Lipinski definition) is 3. The molecule has 2 heterocycles. The van der Waals surface area contributed by atoms with Crippen LogP contribution >= 0.6 is 22.7 Å². The van der Waals surface area contributed by atoms with Gasteiger partial charge in [0.2, 0.25) is 0 Å². The molecule has 10 aromatic rings. The van der Waals surface area contributed by atoms with Gasteiger partial charge in [-0.05, 0) is 81.6 Å².